The molecule has 0 saturated carbocycles. The molecule has 1 heterocycles. The number of hydrogen-bond acceptors (Lipinski definition) is 3. The van der Waals surface area contributed by atoms with Gasteiger partial charge in [-0.15, -0.1) is 0 Å². The Morgan fingerprint density at radius 3 is 2.57 bits per heavy atom. The van der Waals surface area contributed by atoms with Gasteiger partial charge in [-0.1, -0.05) is 6.07 Å². The van der Waals surface area contributed by atoms with Gasteiger partial charge < -0.3 is 19.1 Å². The number of ether oxygens (including phenoxy) is 3. The van der Waals surface area contributed by atoms with Gasteiger partial charge in [-0.2, -0.15) is 0 Å². The summed E-state index contributed by atoms with van der Waals surface area (Å²) in [6.07, 6.45) is 3.05. The number of benzene rings is 1. The largest absolute Gasteiger partial charge is 0.497 e. The maximum atomic E-state index is 5.77. The van der Waals surface area contributed by atoms with E-state index in [1.165, 1.54) is 13.0 Å². The third kappa shape index (κ3) is 5.56. The minimum Gasteiger partial charge on any atom is -0.497 e. The Balaban J connectivity index is 1.61. The molecule has 0 aliphatic carbocycles. The van der Waals surface area contributed by atoms with Crippen LogP contribution >= 0.6 is 0 Å². The van der Waals surface area contributed by atoms with Gasteiger partial charge in [0.15, 0.2) is 0 Å². The maximum Gasteiger partial charge on any atom is 0.122 e. The van der Waals surface area contributed by atoms with E-state index in [0.29, 0.717) is 12.2 Å². The number of nitrogens with one attached hydrogen (secondary N) is 1. The van der Waals surface area contributed by atoms with Gasteiger partial charge in [0.2, 0.25) is 0 Å². The Kier molecular flexibility index (Phi) is 6.33. The summed E-state index contributed by atoms with van der Waals surface area (Å²) < 4.78 is 16.7. The number of rotatable bonds is 7. The lowest BCUT2D eigenvalue weighted by Gasteiger charge is -2.32. The van der Waals surface area contributed by atoms with E-state index in [4.69, 9.17) is 14.2 Å². The monoisotopic (exact) mass is 294 g/mol. The number of hydrogen-bond donors (Lipinski definition) is 1. The van der Waals surface area contributed by atoms with Crippen LogP contribution < -0.4 is 14.4 Å². The van der Waals surface area contributed by atoms with E-state index in [1.807, 2.05) is 24.3 Å². The minimum absolute atomic E-state index is 0.386. The predicted molar refractivity (Wildman–Crippen MR) is 83.3 cm³/mol. The van der Waals surface area contributed by atoms with Gasteiger partial charge >= 0.3 is 0 Å². The first-order chi connectivity index (χ1) is 10.2. The normalized spacial score (nSPS) is 25.6. The lowest BCUT2D eigenvalue weighted by atomic mass is 10.2. The zero-order valence-corrected chi connectivity index (χ0v) is 13.4. The molecule has 0 bridgehead atoms. The molecule has 0 amide bonds. The van der Waals surface area contributed by atoms with Crippen LogP contribution in [0.1, 0.15) is 26.7 Å². The van der Waals surface area contributed by atoms with E-state index in [1.54, 1.807) is 12.0 Å². The molecule has 1 aromatic carbocycles. The third-order valence-electron chi connectivity index (χ3n) is 3.85. The van der Waals surface area contributed by atoms with Crippen molar-refractivity contribution >= 4 is 0 Å². The number of unbranched alkanes of at least 4 members (excludes halogenated alkanes) is 1. The van der Waals surface area contributed by atoms with Crippen molar-refractivity contribution in [2.75, 3.05) is 33.4 Å². The molecule has 4 heteroatoms. The van der Waals surface area contributed by atoms with Crippen LogP contribution in [0.5, 0.6) is 11.5 Å². The van der Waals surface area contributed by atoms with Gasteiger partial charge in [0.05, 0.1) is 20.3 Å². The predicted octanol–water partition coefficient (Wildman–Crippen LogP) is 1.55. The summed E-state index contributed by atoms with van der Waals surface area (Å²) in [6.45, 7) is 8.56. The van der Waals surface area contributed by atoms with Crippen LogP contribution in [0.3, 0.4) is 0 Å². The first-order valence-corrected chi connectivity index (χ1v) is 7.93. The Morgan fingerprint density at radius 2 is 1.86 bits per heavy atom. The van der Waals surface area contributed by atoms with Crippen LogP contribution in [0.2, 0.25) is 0 Å². The van der Waals surface area contributed by atoms with Crippen LogP contribution in [-0.2, 0) is 4.74 Å². The fourth-order valence-corrected chi connectivity index (χ4v) is 2.95. The Bertz CT molecular complexity index is 414. The summed E-state index contributed by atoms with van der Waals surface area (Å²) in [6, 6.07) is 7.78. The second-order valence-corrected chi connectivity index (χ2v) is 5.90. The molecule has 3 atom stereocenters. The second kappa shape index (κ2) is 8.25. The molecule has 1 unspecified atom stereocenters. The second-order valence-electron chi connectivity index (χ2n) is 5.90. The molecule has 1 N–H and O–H groups in total. The quantitative estimate of drug-likeness (QED) is 0.774. The fraction of sp³-hybridized carbons (Fsp3) is 0.647. The van der Waals surface area contributed by atoms with Crippen molar-refractivity contribution in [1.29, 1.82) is 0 Å². The average molecular weight is 294 g/mol. The van der Waals surface area contributed by atoms with Crippen molar-refractivity contribution < 1.29 is 19.1 Å². The molecule has 1 saturated heterocycles. The van der Waals surface area contributed by atoms with Crippen molar-refractivity contribution in [2.24, 2.45) is 0 Å². The first kappa shape index (κ1) is 16.1. The van der Waals surface area contributed by atoms with Gasteiger partial charge in [0.25, 0.3) is 0 Å². The lowest BCUT2D eigenvalue weighted by Crippen LogP contribution is -3.15. The highest BCUT2D eigenvalue weighted by atomic mass is 16.5. The van der Waals surface area contributed by atoms with E-state index < -0.39 is 0 Å². The first-order valence-electron chi connectivity index (χ1n) is 7.93. The Labute approximate surface area is 128 Å². The Morgan fingerprint density at radius 1 is 1.14 bits per heavy atom. The van der Waals surface area contributed by atoms with E-state index >= 15 is 0 Å². The van der Waals surface area contributed by atoms with Crippen molar-refractivity contribution in [1.82, 2.24) is 0 Å². The highest BCUT2D eigenvalue weighted by molar-refractivity contribution is 5.32. The highest BCUT2D eigenvalue weighted by Crippen LogP contribution is 2.18. The molecule has 1 aliphatic rings. The SMILES string of the molecule is COc1cccc(OCCCC[NH+]2C[C@@H](C)O[C@@H](C)C2)c1. The molecule has 1 aliphatic heterocycles. The third-order valence-corrected chi connectivity index (χ3v) is 3.85. The number of morpholine rings is 1. The molecular formula is C17H28NO3+. The summed E-state index contributed by atoms with van der Waals surface area (Å²) in [4.78, 5) is 1.66. The van der Waals surface area contributed by atoms with Crippen molar-refractivity contribution in [3.8, 4) is 11.5 Å². The van der Waals surface area contributed by atoms with Gasteiger partial charge in [0.1, 0.15) is 36.8 Å². The summed E-state index contributed by atoms with van der Waals surface area (Å²) in [5, 5.41) is 0. The summed E-state index contributed by atoms with van der Waals surface area (Å²) in [5.41, 5.74) is 0. The standard InChI is InChI=1S/C17H27NO3/c1-14-12-18(13-15(2)21-14)9-4-5-10-20-17-8-6-7-16(11-17)19-3/h6-8,11,14-15H,4-5,9-10,12-13H2,1-3H3/p+1/t14-,15+. The fourth-order valence-electron chi connectivity index (χ4n) is 2.95. The smallest absolute Gasteiger partial charge is 0.122 e. The topological polar surface area (TPSA) is 32.1 Å². The maximum absolute atomic E-state index is 5.77. The van der Waals surface area contributed by atoms with E-state index in [2.05, 4.69) is 13.8 Å². The molecule has 21 heavy (non-hydrogen) atoms. The van der Waals surface area contributed by atoms with Crippen LogP contribution in [0.4, 0.5) is 0 Å². The zero-order valence-electron chi connectivity index (χ0n) is 13.4. The van der Waals surface area contributed by atoms with Crippen LogP contribution in [-0.4, -0.2) is 45.6 Å². The highest BCUT2D eigenvalue weighted by Gasteiger charge is 2.24. The van der Waals surface area contributed by atoms with E-state index in [-0.39, 0.29) is 0 Å². The van der Waals surface area contributed by atoms with Crippen LogP contribution in [0.25, 0.3) is 0 Å². The van der Waals surface area contributed by atoms with Crippen LogP contribution in [0, 0.1) is 0 Å². The molecule has 0 aromatic heterocycles. The molecule has 1 fully saturated rings. The van der Waals surface area contributed by atoms with Crippen molar-refractivity contribution in [3.63, 3.8) is 0 Å². The van der Waals surface area contributed by atoms with Gasteiger partial charge in [-0.3, -0.25) is 0 Å². The number of methoxy groups -OCH3 is 1. The van der Waals surface area contributed by atoms with Gasteiger partial charge in [-0.05, 0) is 38.8 Å². The summed E-state index contributed by atoms with van der Waals surface area (Å²) in [7, 11) is 1.67. The van der Waals surface area contributed by atoms with Crippen LogP contribution in [0.15, 0.2) is 24.3 Å². The lowest BCUT2D eigenvalue weighted by molar-refractivity contribution is -0.915. The van der Waals surface area contributed by atoms with Crippen molar-refractivity contribution in [3.05, 3.63) is 24.3 Å². The molecule has 1 aromatic rings. The summed E-state index contributed by atoms with van der Waals surface area (Å²) >= 11 is 0. The summed E-state index contributed by atoms with van der Waals surface area (Å²) in [5.74, 6) is 1.73. The molecular weight excluding hydrogens is 266 g/mol. The molecule has 0 radical (unpaired) electrons. The van der Waals surface area contributed by atoms with E-state index in [9.17, 15) is 0 Å². The number of quaternary nitrogens is 1. The van der Waals surface area contributed by atoms with Crippen molar-refractivity contribution in [2.45, 2.75) is 38.9 Å². The van der Waals surface area contributed by atoms with Gasteiger partial charge in [-0.25, -0.2) is 0 Å². The minimum atomic E-state index is 0.386. The molecule has 0 spiro atoms. The molecule has 4 nitrogen and oxygen atoms in total. The average Bonchev–Trinajstić information content (AvgIpc) is 2.46. The molecule has 118 valence electrons. The zero-order chi connectivity index (χ0) is 15.1. The van der Waals surface area contributed by atoms with E-state index in [0.717, 1.165) is 37.6 Å². The van der Waals surface area contributed by atoms with Gasteiger partial charge in [0, 0.05) is 6.07 Å². The Hall–Kier alpha value is -1.26. The molecule has 2 rings (SSSR count).